The molecule has 1 atom stereocenters. The van der Waals surface area contributed by atoms with E-state index in [2.05, 4.69) is 17.2 Å². The van der Waals surface area contributed by atoms with Crippen molar-refractivity contribution in [2.75, 3.05) is 18.4 Å². The number of carbonyl (C=O) groups excluding carboxylic acids is 1. The molecule has 1 aliphatic heterocycles. The van der Waals surface area contributed by atoms with Crippen LogP contribution in [0.1, 0.15) is 11.5 Å². The van der Waals surface area contributed by atoms with Crippen LogP contribution in [0.5, 0.6) is 0 Å². The summed E-state index contributed by atoms with van der Waals surface area (Å²) < 4.78 is 0. The van der Waals surface area contributed by atoms with Gasteiger partial charge in [-0.2, -0.15) is 0 Å². The van der Waals surface area contributed by atoms with Gasteiger partial charge in [0.1, 0.15) is 0 Å². The summed E-state index contributed by atoms with van der Waals surface area (Å²) >= 11 is 5.60. The molecule has 16 heavy (non-hydrogen) atoms. The molecule has 0 saturated carbocycles. The number of benzene rings is 1. The molecule has 4 heteroatoms. The molecule has 1 amide bonds. The van der Waals surface area contributed by atoms with Gasteiger partial charge in [-0.3, -0.25) is 4.79 Å². The fraction of sp³-hybridized carbons (Fsp3) is 0.250. The number of para-hydroxylation sites is 1. The van der Waals surface area contributed by atoms with E-state index >= 15 is 0 Å². The predicted octanol–water partition coefficient (Wildman–Crippen LogP) is 2.06. The first-order valence-electron chi connectivity index (χ1n) is 5.12. The summed E-state index contributed by atoms with van der Waals surface area (Å²) in [4.78, 5) is 11.9. The van der Waals surface area contributed by atoms with Crippen LogP contribution in [0.25, 0.3) is 0 Å². The maximum absolute atomic E-state index is 11.9. The number of hydrogen-bond acceptors (Lipinski definition) is 2. The van der Waals surface area contributed by atoms with Gasteiger partial charge in [-0.15, -0.1) is 0 Å². The highest BCUT2D eigenvalue weighted by Gasteiger charge is 2.27. The van der Waals surface area contributed by atoms with E-state index in [0.717, 1.165) is 11.3 Å². The quantitative estimate of drug-likeness (QED) is 0.844. The van der Waals surface area contributed by atoms with E-state index < -0.39 is 0 Å². The van der Waals surface area contributed by atoms with Crippen molar-refractivity contribution in [2.24, 2.45) is 0 Å². The fourth-order valence-corrected chi connectivity index (χ4v) is 1.89. The molecular formula is C12H13ClN2O. The summed E-state index contributed by atoms with van der Waals surface area (Å²) in [5.41, 5.74) is 2.08. The molecule has 1 unspecified atom stereocenters. The monoisotopic (exact) mass is 236 g/mol. The van der Waals surface area contributed by atoms with Crippen LogP contribution in [0, 0.1) is 0 Å². The Morgan fingerprint density at radius 3 is 3.06 bits per heavy atom. The molecule has 84 valence electrons. The van der Waals surface area contributed by atoms with Crippen LogP contribution in [0.2, 0.25) is 0 Å². The lowest BCUT2D eigenvalue weighted by Crippen LogP contribution is -2.31. The molecule has 0 aliphatic carbocycles. The van der Waals surface area contributed by atoms with Crippen molar-refractivity contribution in [1.82, 2.24) is 5.32 Å². The van der Waals surface area contributed by atoms with Crippen LogP contribution in [0.3, 0.4) is 0 Å². The first-order chi connectivity index (χ1) is 7.68. The van der Waals surface area contributed by atoms with Gasteiger partial charge in [0.15, 0.2) is 0 Å². The number of halogens is 1. The Labute approximate surface area is 99.5 Å². The molecule has 1 aromatic carbocycles. The molecule has 2 rings (SSSR count). The Balaban J connectivity index is 2.07. The second kappa shape index (κ2) is 4.58. The van der Waals surface area contributed by atoms with E-state index in [1.54, 1.807) is 0 Å². The predicted molar refractivity (Wildman–Crippen MR) is 65.7 cm³/mol. The lowest BCUT2D eigenvalue weighted by molar-refractivity contribution is -0.121. The van der Waals surface area contributed by atoms with E-state index in [9.17, 15) is 4.79 Å². The van der Waals surface area contributed by atoms with Gasteiger partial charge < -0.3 is 10.6 Å². The molecule has 1 heterocycles. The number of anilines is 1. The van der Waals surface area contributed by atoms with E-state index in [4.69, 9.17) is 11.6 Å². The van der Waals surface area contributed by atoms with Crippen LogP contribution in [-0.4, -0.2) is 19.0 Å². The van der Waals surface area contributed by atoms with Crippen molar-refractivity contribution in [3.05, 3.63) is 41.4 Å². The Bertz CT molecular complexity index is 431. The topological polar surface area (TPSA) is 41.1 Å². The summed E-state index contributed by atoms with van der Waals surface area (Å²) in [5.74, 6) is -0.147. The number of fused-ring (bicyclic) bond motifs is 1. The second-order valence-electron chi connectivity index (χ2n) is 3.76. The Morgan fingerprint density at radius 2 is 2.31 bits per heavy atom. The lowest BCUT2D eigenvalue weighted by atomic mass is 10.0. The van der Waals surface area contributed by atoms with Crippen LogP contribution in [0.4, 0.5) is 5.69 Å². The first kappa shape index (κ1) is 11.0. The van der Waals surface area contributed by atoms with Crippen LogP contribution in [-0.2, 0) is 4.79 Å². The summed E-state index contributed by atoms with van der Waals surface area (Å²) in [6, 6.07) is 7.83. The number of nitrogens with one attached hydrogen (secondary N) is 2. The largest absolute Gasteiger partial charge is 0.384 e. The maximum Gasteiger partial charge on any atom is 0.229 e. The van der Waals surface area contributed by atoms with Crippen molar-refractivity contribution in [1.29, 1.82) is 0 Å². The van der Waals surface area contributed by atoms with Crippen molar-refractivity contribution in [3.8, 4) is 0 Å². The van der Waals surface area contributed by atoms with Gasteiger partial charge in [0.05, 0.1) is 12.5 Å². The highest BCUT2D eigenvalue weighted by molar-refractivity contribution is 6.29. The molecular weight excluding hydrogens is 224 g/mol. The van der Waals surface area contributed by atoms with E-state index in [1.165, 1.54) is 0 Å². The van der Waals surface area contributed by atoms with Crippen molar-refractivity contribution < 1.29 is 4.79 Å². The number of hydrogen-bond donors (Lipinski definition) is 2. The van der Waals surface area contributed by atoms with Gasteiger partial charge in [-0.1, -0.05) is 36.4 Å². The van der Waals surface area contributed by atoms with Crippen molar-refractivity contribution in [3.63, 3.8) is 0 Å². The third-order valence-electron chi connectivity index (χ3n) is 2.60. The van der Waals surface area contributed by atoms with Gasteiger partial charge in [0, 0.05) is 17.3 Å². The van der Waals surface area contributed by atoms with E-state index in [0.29, 0.717) is 18.1 Å². The van der Waals surface area contributed by atoms with Crippen molar-refractivity contribution in [2.45, 2.75) is 5.92 Å². The standard InChI is InChI=1S/C12H13ClN2O/c1-8(13)6-15-12(16)10-7-14-11-5-3-2-4-9(10)11/h2-5,10,14H,1,6-7H2,(H,15,16). The smallest absolute Gasteiger partial charge is 0.229 e. The fourth-order valence-electron chi connectivity index (χ4n) is 1.82. The van der Waals surface area contributed by atoms with Gasteiger partial charge in [0.25, 0.3) is 0 Å². The van der Waals surface area contributed by atoms with Crippen LogP contribution >= 0.6 is 11.6 Å². The highest BCUT2D eigenvalue weighted by Crippen LogP contribution is 2.30. The summed E-state index contributed by atoms with van der Waals surface area (Å²) in [6.45, 7) is 4.49. The normalized spacial score (nSPS) is 17.4. The molecule has 0 spiro atoms. The molecule has 3 nitrogen and oxygen atoms in total. The Kier molecular flexibility index (Phi) is 3.15. The minimum atomic E-state index is -0.132. The van der Waals surface area contributed by atoms with Gasteiger partial charge in [0.2, 0.25) is 5.91 Å². The maximum atomic E-state index is 11.9. The zero-order valence-corrected chi connectivity index (χ0v) is 9.55. The SMILES string of the molecule is C=C(Cl)CNC(=O)C1CNc2ccccc21. The zero-order valence-electron chi connectivity index (χ0n) is 8.79. The van der Waals surface area contributed by atoms with E-state index in [-0.39, 0.29) is 11.8 Å². The molecule has 0 aromatic heterocycles. The summed E-state index contributed by atoms with van der Waals surface area (Å²) in [6.07, 6.45) is 0. The first-order valence-corrected chi connectivity index (χ1v) is 5.50. The molecule has 0 radical (unpaired) electrons. The zero-order chi connectivity index (χ0) is 11.5. The Hall–Kier alpha value is -1.48. The average molecular weight is 237 g/mol. The molecule has 0 fully saturated rings. The summed E-state index contributed by atoms with van der Waals surface area (Å²) in [7, 11) is 0. The minimum absolute atomic E-state index is 0.0146. The number of rotatable bonds is 3. The molecule has 1 aromatic rings. The van der Waals surface area contributed by atoms with Gasteiger partial charge >= 0.3 is 0 Å². The summed E-state index contributed by atoms with van der Waals surface area (Å²) in [5, 5.41) is 6.39. The third-order valence-corrected chi connectivity index (χ3v) is 2.74. The molecule has 1 aliphatic rings. The molecule has 0 bridgehead atoms. The average Bonchev–Trinajstić information content (AvgIpc) is 2.69. The number of amides is 1. The molecule has 0 saturated heterocycles. The van der Waals surface area contributed by atoms with Gasteiger partial charge in [-0.05, 0) is 11.6 Å². The minimum Gasteiger partial charge on any atom is -0.384 e. The van der Waals surface area contributed by atoms with Crippen molar-refractivity contribution >= 4 is 23.2 Å². The van der Waals surface area contributed by atoms with E-state index in [1.807, 2.05) is 24.3 Å². The van der Waals surface area contributed by atoms with Crippen LogP contribution in [0.15, 0.2) is 35.9 Å². The number of carbonyl (C=O) groups is 1. The second-order valence-corrected chi connectivity index (χ2v) is 4.29. The third kappa shape index (κ3) is 2.19. The lowest BCUT2D eigenvalue weighted by Gasteiger charge is -2.10. The van der Waals surface area contributed by atoms with Gasteiger partial charge in [-0.25, -0.2) is 0 Å². The molecule has 2 N–H and O–H groups in total. The highest BCUT2D eigenvalue weighted by atomic mass is 35.5. The van der Waals surface area contributed by atoms with Crippen LogP contribution < -0.4 is 10.6 Å². The Morgan fingerprint density at radius 1 is 1.56 bits per heavy atom.